The minimum Gasteiger partial charge on any atom is -0.356 e. The largest absolute Gasteiger partial charge is 0.356 e. The number of rotatable bonds is 15. The second kappa shape index (κ2) is 15.3. The predicted molar refractivity (Wildman–Crippen MR) is 198 cm³/mol. The van der Waals surface area contributed by atoms with Gasteiger partial charge in [0.05, 0.1) is 21.2 Å². The van der Waals surface area contributed by atoms with Crippen molar-refractivity contribution in [2.45, 2.75) is 93.4 Å². The SMILES string of the molecule is CC(=O)[C@@H](N)CCNC(=O)CCCCC[N+]1=C(/C=C/C=C/C=C2/N(C)c3ccc(S(=O)(=O)O)cc3C2(C)C)C(C)(C)c2cc(S(=O)(=O)O)ccc21. The average Bonchev–Trinajstić information content (AvgIpc) is 3.36. The van der Waals surface area contributed by atoms with E-state index in [-0.39, 0.29) is 21.5 Å². The van der Waals surface area contributed by atoms with E-state index in [0.717, 1.165) is 46.8 Å². The van der Waals surface area contributed by atoms with Gasteiger partial charge in [-0.1, -0.05) is 32.1 Å². The van der Waals surface area contributed by atoms with Crippen molar-refractivity contribution >= 4 is 49.0 Å². The number of hydrogen-bond donors (Lipinski definition) is 4. The van der Waals surface area contributed by atoms with Gasteiger partial charge in [0.2, 0.25) is 11.6 Å². The second-order valence-corrected chi connectivity index (χ2v) is 17.0. The fraction of sp³-hybridized carbons (Fsp3) is 0.432. The number of unbranched alkanes of at least 4 members (excludes halogenated alkanes) is 2. The van der Waals surface area contributed by atoms with Crippen LogP contribution in [0.25, 0.3) is 0 Å². The van der Waals surface area contributed by atoms with E-state index in [1.54, 1.807) is 12.1 Å². The molecule has 2 aliphatic rings. The van der Waals surface area contributed by atoms with E-state index in [0.29, 0.717) is 32.4 Å². The van der Waals surface area contributed by atoms with Gasteiger partial charge < -0.3 is 16.0 Å². The van der Waals surface area contributed by atoms with Gasteiger partial charge in [-0.05, 0) is 82.0 Å². The van der Waals surface area contributed by atoms with Crippen LogP contribution in [0.5, 0.6) is 0 Å². The number of ketones is 1. The number of nitrogens with two attached hydrogens (primary N) is 1. The van der Waals surface area contributed by atoms with Crippen molar-refractivity contribution in [3.05, 3.63) is 83.6 Å². The van der Waals surface area contributed by atoms with Crippen molar-refractivity contribution in [2.75, 3.05) is 25.0 Å². The summed E-state index contributed by atoms with van der Waals surface area (Å²) in [6, 6.07) is 8.63. The quantitative estimate of drug-likeness (QED) is 0.0841. The topological polar surface area (TPSA) is 187 Å². The molecule has 2 heterocycles. The number of allylic oxidation sites excluding steroid dienone is 6. The van der Waals surface area contributed by atoms with Crippen molar-refractivity contribution in [1.29, 1.82) is 0 Å². The van der Waals surface area contributed by atoms with Crippen LogP contribution >= 0.6 is 0 Å². The van der Waals surface area contributed by atoms with Gasteiger partial charge in [0.15, 0.2) is 5.71 Å². The van der Waals surface area contributed by atoms with Gasteiger partial charge in [-0.2, -0.15) is 21.4 Å². The highest BCUT2D eigenvalue weighted by Gasteiger charge is 2.45. The number of carbonyl (C=O) groups excluding carboxylic acids is 2. The summed E-state index contributed by atoms with van der Waals surface area (Å²) in [6.45, 7) is 10.4. The van der Waals surface area contributed by atoms with Crippen molar-refractivity contribution in [1.82, 2.24) is 5.32 Å². The fourth-order valence-corrected chi connectivity index (χ4v) is 7.79. The number of likely N-dealkylation sites (N-methyl/N-ethyl adjacent to an activating group) is 1. The Bertz CT molecular complexity index is 2040. The zero-order valence-corrected chi connectivity index (χ0v) is 31.6. The summed E-state index contributed by atoms with van der Waals surface area (Å²) in [5.74, 6) is -0.204. The fourth-order valence-electron chi connectivity index (χ4n) is 6.78. The van der Waals surface area contributed by atoms with Gasteiger partial charge in [-0.15, -0.1) is 0 Å². The Morgan fingerprint density at radius 2 is 1.53 bits per heavy atom. The lowest BCUT2D eigenvalue weighted by Gasteiger charge is -2.23. The summed E-state index contributed by atoms with van der Waals surface area (Å²) in [7, 11) is -6.84. The highest BCUT2D eigenvalue weighted by molar-refractivity contribution is 7.86. The number of Topliss-reactive ketones (excluding diaryl/α,β-unsaturated/α-hetero) is 1. The molecule has 0 aliphatic carbocycles. The molecule has 2 aromatic carbocycles. The lowest BCUT2D eigenvalue weighted by atomic mass is 9.81. The molecule has 1 amide bonds. The minimum atomic E-state index is -4.41. The Labute approximate surface area is 301 Å². The summed E-state index contributed by atoms with van der Waals surface area (Å²) >= 11 is 0. The predicted octanol–water partition coefficient (Wildman–Crippen LogP) is 4.96. The molecule has 0 fully saturated rings. The minimum absolute atomic E-state index is 0.0907. The van der Waals surface area contributed by atoms with Crippen molar-refractivity contribution in [3.63, 3.8) is 0 Å². The molecule has 2 aromatic rings. The second-order valence-electron chi connectivity index (χ2n) is 14.1. The van der Waals surface area contributed by atoms with Gasteiger partial charge in [0, 0.05) is 60.9 Å². The van der Waals surface area contributed by atoms with E-state index < -0.39 is 37.1 Å². The zero-order valence-electron chi connectivity index (χ0n) is 30.0. The molecule has 0 unspecified atom stereocenters. The third-order valence-electron chi connectivity index (χ3n) is 9.78. The van der Waals surface area contributed by atoms with E-state index >= 15 is 0 Å². The van der Waals surface area contributed by atoms with Crippen molar-refractivity contribution in [2.24, 2.45) is 5.73 Å². The molecular formula is C37H49N4O8S2+. The van der Waals surface area contributed by atoms with E-state index in [1.807, 2.05) is 70.0 Å². The maximum absolute atomic E-state index is 12.3. The van der Waals surface area contributed by atoms with Gasteiger partial charge in [-0.25, -0.2) is 0 Å². The number of hydrogen-bond acceptors (Lipinski definition) is 8. The molecular weight excluding hydrogens is 693 g/mol. The molecule has 0 spiro atoms. The molecule has 0 saturated heterocycles. The van der Waals surface area contributed by atoms with Gasteiger partial charge >= 0.3 is 0 Å². The summed E-state index contributed by atoms with van der Waals surface area (Å²) in [4.78, 5) is 25.2. The summed E-state index contributed by atoms with van der Waals surface area (Å²) in [5.41, 5.74) is 9.70. The van der Waals surface area contributed by atoms with E-state index in [4.69, 9.17) is 5.73 Å². The molecule has 14 heteroatoms. The number of anilines is 1. The van der Waals surface area contributed by atoms with Crippen LogP contribution in [0.15, 0.2) is 82.3 Å². The number of benzene rings is 2. The first-order valence-corrected chi connectivity index (χ1v) is 19.8. The maximum atomic E-state index is 12.3. The summed E-state index contributed by atoms with van der Waals surface area (Å²) < 4.78 is 69.0. The number of nitrogens with zero attached hydrogens (tertiary/aromatic N) is 2. The monoisotopic (exact) mass is 741 g/mol. The molecule has 4 rings (SSSR count). The van der Waals surface area contributed by atoms with E-state index in [2.05, 4.69) is 9.89 Å². The number of nitrogens with one attached hydrogen (secondary N) is 1. The lowest BCUT2D eigenvalue weighted by molar-refractivity contribution is -0.438. The number of fused-ring (bicyclic) bond motifs is 2. The van der Waals surface area contributed by atoms with Crippen LogP contribution in [-0.4, -0.2) is 74.1 Å². The molecule has 51 heavy (non-hydrogen) atoms. The van der Waals surface area contributed by atoms with Crippen LogP contribution in [0.3, 0.4) is 0 Å². The Hall–Kier alpha value is -3.95. The van der Waals surface area contributed by atoms with Crippen molar-refractivity contribution < 1.29 is 40.1 Å². The molecule has 0 aromatic heterocycles. The average molecular weight is 742 g/mol. The number of amides is 1. The molecule has 1 atom stereocenters. The Kier molecular flexibility index (Phi) is 12.0. The first-order valence-electron chi connectivity index (χ1n) is 16.9. The first kappa shape index (κ1) is 39.8. The smallest absolute Gasteiger partial charge is 0.294 e. The standard InChI is InChI=1S/C37H48N4O8S2/c1-25(42)30(38)20-21-39-35(43)15-11-8-12-22-41-32-19-17-27(51(47,48)49)24-29(32)37(4,5)34(41)14-10-7-9-13-33-36(2,3)28-23-26(50(44,45)46)16-18-31(28)40(33)6/h7,9-10,13-14,16-19,23-24,30H,8,11-12,15,20-22,38H2,1-6H3,(H2-,39,43,44,45,46,47,48,49)/p+1/t30-/m0/s1. The van der Waals surface area contributed by atoms with E-state index in [1.165, 1.54) is 31.2 Å². The molecule has 5 N–H and O–H groups in total. The normalized spacial score (nSPS) is 18.1. The Morgan fingerprint density at radius 3 is 2.16 bits per heavy atom. The summed E-state index contributed by atoms with van der Waals surface area (Å²) in [5, 5.41) is 2.81. The van der Waals surface area contributed by atoms with Crippen LogP contribution in [0.1, 0.15) is 77.8 Å². The molecule has 0 saturated carbocycles. The van der Waals surface area contributed by atoms with Crippen molar-refractivity contribution in [3.8, 4) is 0 Å². The van der Waals surface area contributed by atoms with Gasteiger partial charge in [-0.3, -0.25) is 18.7 Å². The molecule has 12 nitrogen and oxygen atoms in total. The number of carbonyl (C=O) groups is 2. The van der Waals surface area contributed by atoms with Crippen LogP contribution in [0.4, 0.5) is 11.4 Å². The molecule has 0 radical (unpaired) electrons. The van der Waals surface area contributed by atoms with Crippen LogP contribution in [0, 0.1) is 0 Å². The van der Waals surface area contributed by atoms with Crippen LogP contribution in [0.2, 0.25) is 0 Å². The van der Waals surface area contributed by atoms with Gasteiger partial charge in [0.25, 0.3) is 20.2 Å². The Balaban J connectivity index is 1.51. The molecule has 276 valence electrons. The molecule has 2 aliphatic heterocycles. The Morgan fingerprint density at radius 1 is 0.902 bits per heavy atom. The maximum Gasteiger partial charge on any atom is 0.294 e. The van der Waals surface area contributed by atoms with Gasteiger partial charge in [0.1, 0.15) is 12.3 Å². The highest BCUT2D eigenvalue weighted by Crippen LogP contribution is 2.47. The third-order valence-corrected chi connectivity index (χ3v) is 11.5. The lowest BCUT2D eigenvalue weighted by Crippen LogP contribution is -2.34. The molecule has 0 bridgehead atoms. The van der Waals surface area contributed by atoms with Crippen LogP contribution in [-0.2, 0) is 40.7 Å². The summed E-state index contributed by atoms with van der Waals surface area (Å²) in [6.07, 6.45) is 12.6. The highest BCUT2D eigenvalue weighted by atomic mass is 32.2. The first-order chi connectivity index (χ1) is 23.7. The van der Waals surface area contributed by atoms with Crippen LogP contribution < -0.4 is 16.0 Å². The van der Waals surface area contributed by atoms with E-state index in [9.17, 15) is 35.5 Å². The third kappa shape index (κ3) is 8.93. The zero-order chi connectivity index (χ0) is 37.9.